The van der Waals surface area contributed by atoms with Gasteiger partial charge in [-0.2, -0.15) is 13.2 Å². The highest BCUT2D eigenvalue weighted by molar-refractivity contribution is 4.87. The molecule has 5 aliphatic heterocycles. The third-order valence-corrected chi connectivity index (χ3v) is 5.05. The lowest BCUT2D eigenvalue weighted by Gasteiger charge is -2.39. The van der Waals surface area contributed by atoms with Crippen LogP contribution in [0.5, 0.6) is 0 Å². The molecule has 5 nitrogen and oxygen atoms in total. The van der Waals surface area contributed by atoms with Crippen molar-refractivity contribution < 1.29 is 41.2 Å². The molecular formula is C22H40F4O5. The standard InChI is InChI=1S/C5H7F3O.C5H10O.C4H7FO.2C4H8O/c1-4(2-9-3-4)5(6,7)8;1-5(2)3-6-4-5;1-4(5)2-6-3-4;1-4-2-5-3-4;1-4-2-3-5-4/h2-3H2,1H3;3-4H2,1-2H3;2-3H2,1H3;2*4H,2-3H2,1H3. The predicted octanol–water partition coefficient (Wildman–Crippen LogP) is 4.82. The van der Waals surface area contributed by atoms with Crippen LogP contribution in [0.2, 0.25) is 0 Å². The maximum absolute atomic E-state index is 12.1. The lowest BCUT2D eigenvalue weighted by atomic mass is 9.88. The van der Waals surface area contributed by atoms with Crippen LogP contribution in [0.1, 0.15) is 48.0 Å². The van der Waals surface area contributed by atoms with Crippen molar-refractivity contribution in [2.75, 3.05) is 59.5 Å². The van der Waals surface area contributed by atoms with E-state index >= 15 is 0 Å². The van der Waals surface area contributed by atoms with Crippen LogP contribution < -0.4 is 0 Å². The van der Waals surface area contributed by atoms with E-state index in [1.54, 1.807) is 0 Å². The first kappa shape index (κ1) is 28.6. The molecular weight excluding hydrogens is 420 g/mol. The van der Waals surface area contributed by atoms with Crippen LogP contribution in [-0.2, 0) is 23.7 Å². The van der Waals surface area contributed by atoms with Gasteiger partial charge in [0.1, 0.15) is 5.41 Å². The van der Waals surface area contributed by atoms with Crippen LogP contribution in [0.4, 0.5) is 17.6 Å². The minimum Gasteiger partial charge on any atom is -0.381 e. The van der Waals surface area contributed by atoms with Crippen LogP contribution in [-0.4, -0.2) is 77.4 Å². The molecule has 5 rings (SSSR count). The highest BCUT2D eigenvalue weighted by Crippen LogP contribution is 2.43. The van der Waals surface area contributed by atoms with Crippen molar-refractivity contribution in [3.05, 3.63) is 0 Å². The van der Waals surface area contributed by atoms with Gasteiger partial charge in [-0.15, -0.1) is 0 Å². The highest BCUT2D eigenvalue weighted by Gasteiger charge is 2.56. The smallest absolute Gasteiger partial charge is 0.381 e. The van der Waals surface area contributed by atoms with E-state index < -0.39 is 17.3 Å². The molecule has 5 saturated heterocycles. The molecule has 9 heteroatoms. The van der Waals surface area contributed by atoms with Gasteiger partial charge in [-0.25, -0.2) is 4.39 Å². The van der Waals surface area contributed by atoms with Crippen molar-refractivity contribution in [2.45, 2.75) is 65.9 Å². The topological polar surface area (TPSA) is 46.2 Å². The van der Waals surface area contributed by atoms with Crippen molar-refractivity contribution >= 4 is 0 Å². The number of halogens is 4. The summed E-state index contributed by atoms with van der Waals surface area (Å²) in [5.41, 5.74) is -2.06. The van der Waals surface area contributed by atoms with Crippen molar-refractivity contribution in [1.82, 2.24) is 0 Å². The van der Waals surface area contributed by atoms with E-state index in [0.717, 1.165) is 45.9 Å². The Hall–Kier alpha value is -0.480. The van der Waals surface area contributed by atoms with Gasteiger partial charge in [0.25, 0.3) is 0 Å². The number of hydrogen-bond acceptors (Lipinski definition) is 5. The molecule has 5 aliphatic rings. The second-order valence-electron chi connectivity index (χ2n) is 10.2. The van der Waals surface area contributed by atoms with E-state index in [4.69, 9.17) is 14.2 Å². The fourth-order valence-corrected chi connectivity index (χ4v) is 2.17. The fraction of sp³-hybridized carbons (Fsp3) is 1.00. The van der Waals surface area contributed by atoms with Gasteiger partial charge < -0.3 is 23.7 Å². The van der Waals surface area contributed by atoms with Crippen LogP contribution >= 0.6 is 0 Å². The highest BCUT2D eigenvalue weighted by atomic mass is 19.4. The molecule has 5 heterocycles. The van der Waals surface area contributed by atoms with Gasteiger partial charge in [-0.1, -0.05) is 20.8 Å². The van der Waals surface area contributed by atoms with Crippen molar-refractivity contribution in [3.63, 3.8) is 0 Å². The monoisotopic (exact) mass is 460 g/mol. The van der Waals surface area contributed by atoms with Crippen LogP contribution in [0.25, 0.3) is 0 Å². The SMILES string of the molecule is CC1(C(F)(F)F)COC1.CC1(C)COC1.CC1(F)COC1.CC1CCO1.CC1COC1. The Morgan fingerprint density at radius 3 is 1.06 bits per heavy atom. The van der Waals surface area contributed by atoms with E-state index in [1.165, 1.54) is 13.3 Å². The largest absolute Gasteiger partial charge is 0.398 e. The van der Waals surface area contributed by atoms with Gasteiger partial charge in [0.05, 0.1) is 59.0 Å². The fourth-order valence-electron chi connectivity index (χ4n) is 2.17. The van der Waals surface area contributed by atoms with E-state index in [0.29, 0.717) is 11.5 Å². The molecule has 0 spiro atoms. The molecule has 5 fully saturated rings. The summed E-state index contributed by atoms with van der Waals surface area (Å²) in [7, 11) is 0. The minimum atomic E-state index is -4.09. The number of ether oxygens (including phenoxy) is 5. The second kappa shape index (κ2) is 12.1. The van der Waals surface area contributed by atoms with E-state index in [-0.39, 0.29) is 26.4 Å². The van der Waals surface area contributed by atoms with Crippen LogP contribution in [0.3, 0.4) is 0 Å². The maximum atomic E-state index is 12.1. The first-order chi connectivity index (χ1) is 14.2. The molecule has 0 aromatic heterocycles. The zero-order valence-corrected chi connectivity index (χ0v) is 19.8. The van der Waals surface area contributed by atoms with Gasteiger partial charge in [-0.05, 0) is 27.2 Å². The lowest BCUT2D eigenvalue weighted by molar-refractivity contribution is -0.295. The van der Waals surface area contributed by atoms with Crippen LogP contribution in [0, 0.1) is 16.7 Å². The molecule has 0 aromatic rings. The molecule has 0 radical (unpaired) electrons. The molecule has 0 saturated carbocycles. The first-order valence-electron chi connectivity index (χ1n) is 10.8. The quantitative estimate of drug-likeness (QED) is 0.485. The molecule has 0 bridgehead atoms. The van der Waals surface area contributed by atoms with Crippen molar-refractivity contribution in [2.24, 2.45) is 16.7 Å². The molecule has 1 unspecified atom stereocenters. The Labute approximate surface area is 184 Å². The number of alkyl halides is 4. The third kappa shape index (κ3) is 11.3. The zero-order valence-electron chi connectivity index (χ0n) is 19.8. The molecule has 1 atom stereocenters. The molecule has 0 aliphatic carbocycles. The van der Waals surface area contributed by atoms with Gasteiger partial charge in [-0.3, -0.25) is 0 Å². The van der Waals surface area contributed by atoms with Gasteiger partial charge >= 0.3 is 6.18 Å². The van der Waals surface area contributed by atoms with Crippen molar-refractivity contribution in [3.8, 4) is 0 Å². The molecule has 0 amide bonds. The molecule has 0 aromatic carbocycles. The Morgan fingerprint density at radius 2 is 1.06 bits per heavy atom. The Morgan fingerprint density at radius 1 is 0.742 bits per heavy atom. The number of rotatable bonds is 0. The Balaban J connectivity index is 0.000000197. The third-order valence-electron chi connectivity index (χ3n) is 5.05. The minimum absolute atomic E-state index is 0.184. The summed E-state index contributed by atoms with van der Waals surface area (Å²) in [6, 6.07) is 0. The van der Waals surface area contributed by atoms with Crippen LogP contribution in [0.15, 0.2) is 0 Å². The molecule has 0 N–H and O–H groups in total. The summed E-state index contributed by atoms with van der Waals surface area (Å²) in [6.07, 6.45) is -2.26. The van der Waals surface area contributed by atoms with E-state index in [2.05, 4.69) is 37.2 Å². The summed E-state index contributed by atoms with van der Waals surface area (Å²) in [5.74, 6) is 0.843. The summed E-state index contributed by atoms with van der Waals surface area (Å²) < 4.78 is 71.2. The van der Waals surface area contributed by atoms with E-state index in [9.17, 15) is 17.6 Å². The average Bonchev–Trinajstić information content (AvgIpc) is 2.55. The Bertz CT molecular complexity index is 457. The first-order valence-corrected chi connectivity index (χ1v) is 10.8. The van der Waals surface area contributed by atoms with E-state index in [1.807, 2.05) is 0 Å². The van der Waals surface area contributed by atoms with Gasteiger partial charge in [0, 0.05) is 17.9 Å². The normalized spacial score (nSPS) is 28.6. The molecule has 31 heavy (non-hydrogen) atoms. The second-order valence-corrected chi connectivity index (χ2v) is 10.2. The predicted molar refractivity (Wildman–Crippen MR) is 110 cm³/mol. The summed E-state index contributed by atoms with van der Waals surface area (Å²) in [5, 5.41) is 0. The van der Waals surface area contributed by atoms with Gasteiger partial charge in [0.15, 0.2) is 5.67 Å². The maximum Gasteiger partial charge on any atom is 0.398 e. The van der Waals surface area contributed by atoms with Crippen molar-refractivity contribution in [1.29, 1.82) is 0 Å². The average molecular weight is 461 g/mol. The number of hydrogen-bond donors (Lipinski definition) is 0. The molecule has 186 valence electrons. The zero-order chi connectivity index (χ0) is 23.8. The van der Waals surface area contributed by atoms with Gasteiger partial charge in [0.2, 0.25) is 0 Å². The summed E-state index contributed by atoms with van der Waals surface area (Å²) in [4.78, 5) is 0. The summed E-state index contributed by atoms with van der Waals surface area (Å²) in [6.45, 7) is 16.4. The lowest BCUT2D eigenvalue weighted by Crippen LogP contribution is -2.51. The Kier molecular flexibility index (Phi) is 11.2. The summed E-state index contributed by atoms with van der Waals surface area (Å²) >= 11 is 0.